The highest BCUT2D eigenvalue weighted by molar-refractivity contribution is 5.79. The average Bonchev–Trinajstić information content (AvgIpc) is 2.96. The Balaban J connectivity index is 1.53. The number of aromatic nitrogens is 2. The number of carbonyl (C=O) groups excluding carboxylic acids is 1. The van der Waals surface area contributed by atoms with Gasteiger partial charge in [-0.2, -0.15) is 0 Å². The third-order valence-corrected chi connectivity index (χ3v) is 4.40. The predicted molar refractivity (Wildman–Crippen MR) is 82.2 cm³/mol. The van der Waals surface area contributed by atoms with Crippen molar-refractivity contribution in [3.8, 4) is 0 Å². The van der Waals surface area contributed by atoms with E-state index >= 15 is 0 Å². The molecule has 6 nitrogen and oxygen atoms in total. The largest absolute Gasteiger partial charge is 0.381 e. The summed E-state index contributed by atoms with van der Waals surface area (Å²) in [5.41, 5.74) is 1.93. The Labute approximate surface area is 131 Å². The summed E-state index contributed by atoms with van der Waals surface area (Å²) in [6.07, 6.45) is 5.54. The monoisotopic (exact) mass is 304 g/mol. The summed E-state index contributed by atoms with van der Waals surface area (Å²) in [6.45, 7) is 7.62. The lowest BCUT2D eigenvalue weighted by atomic mass is 10.1. The van der Waals surface area contributed by atoms with Gasteiger partial charge in [0, 0.05) is 51.7 Å². The van der Waals surface area contributed by atoms with E-state index in [4.69, 9.17) is 4.74 Å². The van der Waals surface area contributed by atoms with E-state index in [9.17, 15) is 4.79 Å². The van der Waals surface area contributed by atoms with Crippen LogP contribution in [-0.2, 0) is 16.1 Å². The summed E-state index contributed by atoms with van der Waals surface area (Å²) in [7, 11) is 0. The molecule has 2 aliphatic rings. The van der Waals surface area contributed by atoms with Gasteiger partial charge in [-0.05, 0) is 19.8 Å². The minimum absolute atomic E-state index is 0.0783. The van der Waals surface area contributed by atoms with Gasteiger partial charge in [0.25, 0.3) is 0 Å². The quantitative estimate of drug-likeness (QED) is 0.829. The molecule has 3 rings (SSSR count). The molecule has 2 fully saturated rings. The van der Waals surface area contributed by atoms with Crippen LogP contribution in [0.1, 0.15) is 24.2 Å². The van der Waals surface area contributed by atoms with E-state index in [-0.39, 0.29) is 11.8 Å². The second kappa shape index (κ2) is 7.15. The second-order valence-corrected chi connectivity index (χ2v) is 6.16. The first-order valence-corrected chi connectivity index (χ1v) is 8.09. The summed E-state index contributed by atoms with van der Waals surface area (Å²) < 4.78 is 5.34. The number of ether oxygens (including phenoxy) is 1. The molecule has 0 radical (unpaired) electrons. The molecule has 1 aromatic rings. The molecule has 1 amide bonds. The van der Waals surface area contributed by atoms with Crippen molar-refractivity contribution in [3.63, 3.8) is 0 Å². The summed E-state index contributed by atoms with van der Waals surface area (Å²) in [5, 5.41) is 0. The smallest absolute Gasteiger partial charge is 0.228 e. The maximum Gasteiger partial charge on any atom is 0.228 e. The van der Waals surface area contributed by atoms with Gasteiger partial charge in [-0.25, -0.2) is 0 Å². The zero-order valence-corrected chi connectivity index (χ0v) is 13.2. The minimum Gasteiger partial charge on any atom is -0.381 e. The van der Waals surface area contributed by atoms with Gasteiger partial charge in [0.2, 0.25) is 5.91 Å². The highest BCUT2D eigenvalue weighted by Crippen LogP contribution is 2.17. The number of amides is 1. The molecule has 0 N–H and O–H groups in total. The molecule has 0 spiro atoms. The lowest BCUT2D eigenvalue weighted by molar-refractivity contribution is -0.135. The highest BCUT2D eigenvalue weighted by atomic mass is 16.5. The Morgan fingerprint density at radius 2 is 2.18 bits per heavy atom. The van der Waals surface area contributed by atoms with Crippen LogP contribution in [0.3, 0.4) is 0 Å². The number of carbonyl (C=O) groups is 1. The van der Waals surface area contributed by atoms with E-state index in [1.807, 2.05) is 24.2 Å². The molecule has 1 aromatic heterocycles. The lowest BCUT2D eigenvalue weighted by Crippen LogP contribution is -2.39. The second-order valence-electron chi connectivity index (χ2n) is 6.16. The molecule has 0 aromatic carbocycles. The van der Waals surface area contributed by atoms with Crippen molar-refractivity contribution in [1.29, 1.82) is 0 Å². The van der Waals surface area contributed by atoms with Gasteiger partial charge in [0.15, 0.2) is 0 Å². The third kappa shape index (κ3) is 3.81. The van der Waals surface area contributed by atoms with Gasteiger partial charge in [-0.1, -0.05) is 0 Å². The molecule has 3 heterocycles. The summed E-state index contributed by atoms with van der Waals surface area (Å²) in [4.78, 5) is 25.5. The van der Waals surface area contributed by atoms with Crippen molar-refractivity contribution >= 4 is 5.91 Å². The van der Waals surface area contributed by atoms with E-state index in [2.05, 4.69) is 14.9 Å². The van der Waals surface area contributed by atoms with Crippen LogP contribution in [0.5, 0.6) is 0 Å². The molecule has 1 atom stereocenters. The number of hydrogen-bond donors (Lipinski definition) is 0. The number of nitrogens with zero attached hydrogens (tertiary/aromatic N) is 4. The fourth-order valence-electron chi connectivity index (χ4n) is 3.07. The fourth-order valence-corrected chi connectivity index (χ4v) is 3.07. The summed E-state index contributed by atoms with van der Waals surface area (Å²) in [6, 6.07) is 0. The third-order valence-electron chi connectivity index (χ3n) is 4.40. The van der Waals surface area contributed by atoms with Gasteiger partial charge in [-0.3, -0.25) is 19.7 Å². The topological polar surface area (TPSA) is 58.6 Å². The van der Waals surface area contributed by atoms with Crippen molar-refractivity contribution < 1.29 is 9.53 Å². The lowest BCUT2D eigenvalue weighted by Gasteiger charge is -2.24. The molecular formula is C16H24N4O2. The molecule has 120 valence electrons. The first-order chi connectivity index (χ1) is 10.7. The normalized spacial score (nSPS) is 23.5. The Morgan fingerprint density at radius 3 is 2.91 bits per heavy atom. The number of aryl methyl sites for hydroxylation is 1. The molecule has 22 heavy (non-hydrogen) atoms. The zero-order chi connectivity index (χ0) is 15.4. The Kier molecular flexibility index (Phi) is 5.00. The Morgan fingerprint density at radius 1 is 1.27 bits per heavy atom. The number of rotatable bonds is 3. The standard InChI is InChI=1S/C16H24N4O2/c1-13-9-18-15(10-17-13)11-19-4-2-5-20(7-6-19)16(21)14-3-8-22-12-14/h9-10,14H,2-8,11-12H2,1H3. The van der Waals surface area contributed by atoms with Crippen LogP contribution in [-0.4, -0.2) is 65.1 Å². The van der Waals surface area contributed by atoms with Crippen LogP contribution in [0.25, 0.3) is 0 Å². The van der Waals surface area contributed by atoms with E-state index in [1.165, 1.54) is 0 Å². The van der Waals surface area contributed by atoms with Crippen LogP contribution < -0.4 is 0 Å². The molecule has 2 saturated heterocycles. The van der Waals surface area contributed by atoms with Crippen molar-refractivity contribution in [2.24, 2.45) is 5.92 Å². The molecule has 0 bridgehead atoms. The molecule has 6 heteroatoms. The molecule has 0 aliphatic carbocycles. The average molecular weight is 304 g/mol. The van der Waals surface area contributed by atoms with Crippen molar-refractivity contribution in [3.05, 3.63) is 23.8 Å². The molecule has 2 aliphatic heterocycles. The van der Waals surface area contributed by atoms with Crippen LogP contribution in [0.2, 0.25) is 0 Å². The van der Waals surface area contributed by atoms with Gasteiger partial charge >= 0.3 is 0 Å². The minimum atomic E-state index is 0.0783. The Bertz CT molecular complexity index is 499. The maximum atomic E-state index is 12.5. The molecule has 1 unspecified atom stereocenters. The van der Waals surface area contributed by atoms with Gasteiger partial charge < -0.3 is 9.64 Å². The zero-order valence-electron chi connectivity index (χ0n) is 13.2. The van der Waals surface area contributed by atoms with Crippen LogP contribution in [0, 0.1) is 12.8 Å². The van der Waals surface area contributed by atoms with Crippen LogP contribution in [0.4, 0.5) is 0 Å². The van der Waals surface area contributed by atoms with Crippen molar-refractivity contribution in [2.75, 3.05) is 39.4 Å². The number of hydrogen-bond acceptors (Lipinski definition) is 5. The first kappa shape index (κ1) is 15.4. The van der Waals surface area contributed by atoms with Gasteiger partial charge in [0.05, 0.1) is 23.9 Å². The van der Waals surface area contributed by atoms with E-state index in [0.717, 1.165) is 63.6 Å². The van der Waals surface area contributed by atoms with Gasteiger partial charge in [0.1, 0.15) is 0 Å². The van der Waals surface area contributed by atoms with E-state index in [0.29, 0.717) is 6.61 Å². The van der Waals surface area contributed by atoms with Gasteiger partial charge in [-0.15, -0.1) is 0 Å². The van der Waals surface area contributed by atoms with E-state index < -0.39 is 0 Å². The van der Waals surface area contributed by atoms with E-state index in [1.54, 1.807) is 0 Å². The van der Waals surface area contributed by atoms with Crippen molar-refractivity contribution in [2.45, 2.75) is 26.3 Å². The fraction of sp³-hybridized carbons (Fsp3) is 0.688. The summed E-state index contributed by atoms with van der Waals surface area (Å²) >= 11 is 0. The first-order valence-electron chi connectivity index (χ1n) is 8.09. The molecular weight excluding hydrogens is 280 g/mol. The maximum absolute atomic E-state index is 12.5. The summed E-state index contributed by atoms with van der Waals surface area (Å²) in [5.74, 6) is 0.351. The molecule has 0 saturated carbocycles. The Hall–Kier alpha value is -1.53. The highest BCUT2D eigenvalue weighted by Gasteiger charge is 2.29. The van der Waals surface area contributed by atoms with Crippen LogP contribution >= 0.6 is 0 Å². The van der Waals surface area contributed by atoms with Crippen LogP contribution in [0.15, 0.2) is 12.4 Å². The van der Waals surface area contributed by atoms with Crippen molar-refractivity contribution in [1.82, 2.24) is 19.8 Å². The SMILES string of the molecule is Cc1cnc(CN2CCCN(C(=O)C3CCOC3)CC2)cn1. The predicted octanol–water partition coefficient (Wildman–Crippen LogP) is 0.856.